The first-order valence-electron chi connectivity index (χ1n) is 37.0. The first kappa shape index (κ1) is 83.6. The molecule has 4 heterocycles. The van der Waals surface area contributed by atoms with Crippen molar-refractivity contribution in [2.45, 2.75) is 170 Å². The molecule has 4 aromatic rings. The molecule has 596 valence electrons. The lowest BCUT2D eigenvalue weighted by molar-refractivity contribution is -0.163. The maximum atomic E-state index is 15.2. The molecule has 3 aliphatic heterocycles. The van der Waals surface area contributed by atoms with Crippen LogP contribution >= 0.6 is 0 Å². The number of amides is 8. The Morgan fingerprint density at radius 2 is 1.05 bits per heavy atom. The van der Waals surface area contributed by atoms with Gasteiger partial charge in [0, 0.05) is 69.1 Å². The number of aromatic nitrogens is 1. The number of ketones is 2. The van der Waals surface area contributed by atoms with E-state index < -0.39 is 213 Å². The van der Waals surface area contributed by atoms with E-state index >= 15 is 9.59 Å². The zero-order valence-corrected chi connectivity index (χ0v) is 65.0. The summed E-state index contributed by atoms with van der Waals surface area (Å²) in [4.78, 5) is 209. The van der Waals surface area contributed by atoms with Gasteiger partial charge in [-0.3, -0.25) is 57.5 Å². The van der Waals surface area contributed by atoms with Crippen molar-refractivity contribution in [2.75, 3.05) is 47.0 Å². The van der Waals surface area contributed by atoms with Crippen LogP contribution in [0.3, 0.4) is 0 Å². The summed E-state index contributed by atoms with van der Waals surface area (Å²) in [5, 5.41) is 49.1. The Balaban J connectivity index is 0.000000574. The van der Waals surface area contributed by atoms with Gasteiger partial charge in [0.2, 0.25) is 52.1 Å². The van der Waals surface area contributed by atoms with E-state index in [1.807, 2.05) is 0 Å². The van der Waals surface area contributed by atoms with Crippen LogP contribution in [0.4, 0.5) is 5.69 Å². The van der Waals surface area contributed by atoms with Gasteiger partial charge in [0.25, 0.3) is 11.8 Å². The summed E-state index contributed by atoms with van der Waals surface area (Å²) in [6, 6.07) is 1.92. The molecule has 6 aliphatic rings. The van der Waals surface area contributed by atoms with E-state index in [0.29, 0.717) is 44.1 Å². The predicted octanol–water partition coefficient (Wildman–Crippen LogP) is 5.00. The van der Waals surface area contributed by atoms with Gasteiger partial charge >= 0.3 is 11.9 Å². The molecule has 8 amide bonds. The second-order valence-corrected chi connectivity index (χ2v) is 30.7. The van der Waals surface area contributed by atoms with E-state index in [2.05, 4.69) is 21.3 Å². The zero-order valence-electron chi connectivity index (χ0n) is 65.0. The van der Waals surface area contributed by atoms with Crippen LogP contribution in [0.2, 0.25) is 0 Å². The number of ether oxygens (including phenoxy) is 2. The molecule has 10 rings (SSSR count). The number of hydrogen-bond donors (Lipinski definition) is 9. The second kappa shape index (κ2) is 33.8. The van der Waals surface area contributed by atoms with Gasteiger partial charge in [0.1, 0.15) is 58.9 Å². The molecule has 0 radical (unpaired) electrons. The van der Waals surface area contributed by atoms with E-state index in [4.69, 9.17) is 29.0 Å². The van der Waals surface area contributed by atoms with Crippen LogP contribution in [0.15, 0.2) is 67.0 Å². The standard InChI is InChI=1S/C64H88N10O16.C15H10O6/c1-27(2)44-53(78)35-19-17-21-37(35)61(84)71(13)25-40(75)73(15)50(29(5)6)63(86)88-33(11)46(59(82)67-44)69-57(80)39-24-23-31(9)55-48(39)66-49-42(43(65)52(77)32(10)56(49)90-55)58(81)70-47-34(12)89-64(87)51(30(7)8)74(16)41(76)26-72(14)62(85)38-22-18-20-36(38)54(79)45(28(3)4)68-60(47)83;16-8-2-3-9-12(6-8)21-15(14(20)13(9)19)7-1-4-10(17)11(18)5-7/h23-24,27-30,33-38,44-47,50-51H,17-22,25-26,65H2,1-16H3,(H,67,82)(H,68,83)(H,69,80)(H,70,81);1-6,16-18,20H. The van der Waals surface area contributed by atoms with Crippen molar-refractivity contribution in [1.82, 2.24) is 45.9 Å². The summed E-state index contributed by atoms with van der Waals surface area (Å²) in [7, 11) is 5.66. The molecule has 32 nitrogen and oxygen atoms in total. The van der Waals surface area contributed by atoms with Gasteiger partial charge in [-0.05, 0) is 119 Å². The van der Waals surface area contributed by atoms with Crippen molar-refractivity contribution >= 4 is 98.5 Å². The number of phenols is 3. The van der Waals surface area contributed by atoms with Gasteiger partial charge in [-0.15, -0.1) is 0 Å². The average molecular weight is 1540 g/mol. The number of rotatable bonds is 9. The minimum absolute atomic E-state index is 0.0668. The van der Waals surface area contributed by atoms with Gasteiger partial charge < -0.3 is 85.3 Å². The molecule has 2 saturated carbocycles. The number of Topliss-reactive ketones (excluding diaryl/α,β-unsaturated/α-hetero) is 2. The largest absolute Gasteiger partial charge is 0.508 e. The number of aryl methyl sites for hydroxylation is 1. The zero-order chi connectivity index (χ0) is 82.1. The maximum absolute atomic E-state index is 15.2. The second-order valence-electron chi connectivity index (χ2n) is 30.7. The van der Waals surface area contributed by atoms with Crippen LogP contribution in [0.5, 0.6) is 23.0 Å². The molecule has 111 heavy (non-hydrogen) atoms. The fourth-order valence-corrected chi connectivity index (χ4v) is 15.2. The summed E-state index contributed by atoms with van der Waals surface area (Å²) in [6.45, 7) is 18.3. The normalized spacial score (nSPS) is 24.6. The van der Waals surface area contributed by atoms with Crippen molar-refractivity contribution in [3.05, 3.63) is 91.2 Å². The summed E-state index contributed by atoms with van der Waals surface area (Å²) < 4.78 is 23.8. The maximum Gasteiger partial charge on any atom is 0.329 e. The number of nitrogens with two attached hydrogens (primary N) is 1. The van der Waals surface area contributed by atoms with Gasteiger partial charge in [0.15, 0.2) is 40.2 Å². The van der Waals surface area contributed by atoms with Crippen LogP contribution in [-0.2, 0) is 57.4 Å². The Morgan fingerprint density at radius 1 is 0.568 bits per heavy atom. The van der Waals surface area contributed by atoms with Crippen LogP contribution in [0.25, 0.3) is 44.8 Å². The first-order valence-corrected chi connectivity index (χ1v) is 37.0. The highest BCUT2D eigenvalue weighted by Gasteiger charge is 2.48. The minimum atomic E-state index is -1.86. The number of likely N-dealkylation sites (N-methyl/N-ethyl adjacent to an activating group) is 4. The number of carbonyl (C=O) groups is 12. The Morgan fingerprint density at radius 3 is 1.51 bits per heavy atom. The lowest BCUT2D eigenvalue weighted by atomic mass is 9.83. The molecule has 4 fully saturated rings. The molecule has 3 aliphatic carbocycles. The number of nitrogens with zero attached hydrogens (tertiary/aromatic N) is 5. The molecule has 3 aromatic carbocycles. The third kappa shape index (κ3) is 17.1. The van der Waals surface area contributed by atoms with E-state index in [1.165, 1.54) is 101 Å². The van der Waals surface area contributed by atoms with Crippen LogP contribution in [0.1, 0.15) is 140 Å². The number of aromatic hydroxyl groups is 4. The van der Waals surface area contributed by atoms with Gasteiger partial charge in [-0.1, -0.05) is 74.3 Å². The average Bonchev–Trinajstić information content (AvgIpc) is 1.32. The fourth-order valence-electron chi connectivity index (χ4n) is 15.2. The molecule has 0 bridgehead atoms. The number of phenolic OH excluding ortho intramolecular Hbond substituents is 3. The first-order chi connectivity index (χ1) is 52.1. The van der Waals surface area contributed by atoms with Gasteiger partial charge in [-0.2, -0.15) is 0 Å². The van der Waals surface area contributed by atoms with Crippen molar-refractivity contribution < 1.29 is 96.3 Å². The third-order valence-corrected chi connectivity index (χ3v) is 21.4. The number of benzene rings is 4. The summed E-state index contributed by atoms with van der Waals surface area (Å²) >= 11 is 0. The molecular weight excluding hydrogens is 1440 g/mol. The number of fused-ring (bicyclic) bond motifs is 5. The van der Waals surface area contributed by atoms with E-state index in [9.17, 15) is 78.0 Å². The van der Waals surface area contributed by atoms with Crippen LogP contribution in [0, 0.1) is 61.2 Å². The molecule has 0 spiro atoms. The van der Waals surface area contributed by atoms with Crippen molar-refractivity contribution in [3.8, 4) is 45.8 Å². The number of nitrogen functional groups attached to an aromatic ring is 1. The fraction of sp³-hybridized carbons (Fsp3) is 0.506. The number of nitrogens with one attached hydrogen (secondary N) is 4. The van der Waals surface area contributed by atoms with Crippen LogP contribution < -0.4 is 37.9 Å². The number of carbonyl (C=O) groups excluding carboxylic acids is 12. The molecule has 12 unspecified atom stereocenters. The van der Waals surface area contributed by atoms with E-state index in [1.54, 1.807) is 62.3 Å². The van der Waals surface area contributed by atoms with E-state index in [0.717, 1.165) is 15.9 Å². The Labute approximate surface area is 639 Å². The quantitative estimate of drug-likeness (QED) is 0.0398. The van der Waals surface area contributed by atoms with Crippen LogP contribution in [-0.4, -0.2) is 206 Å². The number of cyclic esters (lactones) is 2. The van der Waals surface area contributed by atoms with Crippen molar-refractivity contribution in [1.29, 1.82) is 0 Å². The number of hydrogen-bond acceptors (Lipinski definition) is 24. The highest BCUT2D eigenvalue weighted by molar-refractivity contribution is 6.11. The minimum Gasteiger partial charge on any atom is -0.508 e. The monoisotopic (exact) mass is 1540 g/mol. The molecular formula is C79H98N10O22. The summed E-state index contributed by atoms with van der Waals surface area (Å²) in [6.07, 6.45) is -0.654. The SMILES string of the molecule is Cc1c2oc3c(C)ccc(C(=O)NC4C(=O)NC(C(C)C)C(=O)C5CCCC5C(=O)N(C)CC(=O)N(C)C(C(C)C)C(=O)OC4C)c3nc-2c(C(=O)NC2C(=O)NC(C(C)C)C(=O)C3CCCC3C(=O)N(C)CC(=O)N(C)C(C(C)C)C(=O)OC2C)c(N)c1=O.O=c1c(O)c(-c2ccc(O)c(O)c2)oc2cc(O)ccc12. The Bertz CT molecular complexity index is 4810. The highest BCUT2D eigenvalue weighted by Crippen LogP contribution is 2.40. The highest BCUT2D eigenvalue weighted by atomic mass is 16.6. The number of anilines is 1. The third-order valence-electron chi connectivity index (χ3n) is 21.4. The van der Waals surface area contributed by atoms with Gasteiger partial charge in [0.05, 0.1) is 47.4 Å². The Hall–Kier alpha value is -11.5. The molecule has 10 N–H and O–H groups in total. The predicted molar refractivity (Wildman–Crippen MR) is 402 cm³/mol. The van der Waals surface area contributed by atoms with Crippen molar-refractivity contribution in [3.63, 3.8) is 0 Å². The topological polar surface area (TPSA) is 465 Å². The molecule has 2 saturated heterocycles. The molecule has 1 aromatic heterocycles. The van der Waals surface area contributed by atoms with E-state index in [-0.39, 0.29) is 67.5 Å². The lowest BCUT2D eigenvalue weighted by Crippen LogP contribution is -2.59. The van der Waals surface area contributed by atoms with Crippen molar-refractivity contribution in [2.24, 2.45) is 47.3 Å². The molecule has 12 atom stereocenters. The number of esters is 2. The summed E-state index contributed by atoms with van der Waals surface area (Å²) in [5.74, 6) is -16.5. The molecule has 32 heteroatoms. The smallest absolute Gasteiger partial charge is 0.329 e. The van der Waals surface area contributed by atoms with Gasteiger partial charge in [-0.25, -0.2) is 14.6 Å². The Kier molecular flexibility index (Phi) is 25.4. The summed E-state index contributed by atoms with van der Waals surface area (Å²) in [5.41, 5.74) is 3.32. The lowest BCUT2D eigenvalue weighted by Gasteiger charge is -2.35.